The molecule has 94 valence electrons. The maximum absolute atomic E-state index is 5.98. The number of anilines is 1. The number of hydrogen-bond donors (Lipinski definition) is 1. The molecule has 0 unspecified atom stereocenters. The molecule has 3 nitrogen and oxygen atoms in total. The molecule has 0 aliphatic carbocycles. The number of fused-ring (bicyclic) bond motifs is 1. The lowest BCUT2D eigenvalue weighted by molar-refractivity contribution is 1.26. The first kappa shape index (κ1) is 12.0. The third-order valence-electron chi connectivity index (χ3n) is 2.93. The van der Waals surface area contributed by atoms with Gasteiger partial charge in [-0.15, -0.1) is 11.8 Å². The standard InChI is InChI=1S/C15H13N3S/c16-14-4-3-11(15-13(14)2-1-7-18-15)10-19-12-5-8-17-9-6-12/h1-9H,10,16H2. The zero-order valence-corrected chi connectivity index (χ0v) is 11.1. The largest absolute Gasteiger partial charge is 0.398 e. The first-order valence-corrected chi connectivity index (χ1v) is 6.98. The molecule has 0 aliphatic rings. The van der Waals surface area contributed by atoms with E-state index < -0.39 is 0 Å². The molecule has 19 heavy (non-hydrogen) atoms. The average Bonchev–Trinajstić information content (AvgIpc) is 2.48. The first-order valence-electron chi connectivity index (χ1n) is 5.99. The Bertz CT molecular complexity index is 698. The molecule has 0 amide bonds. The van der Waals surface area contributed by atoms with Crippen molar-refractivity contribution in [1.29, 1.82) is 0 Å². The molecule has 0 fully saturated rings. The predicted molar refractivity (Wildman–Crippen MR) is 80.0 cm³/mol. The van der Waals surface area contributed by atoms with Crippen LogP contribution in [-0.4, -0.2) is 9.97 Å². The third-order valence-corrected chi connectivity index (χ3v) is 3.99. The molecule has 0 atom stereocenters. The van der Waals surface area contributed by atoms with Gasteiger partial charge in [0.15, 0.2) is 0 Å². The van der Waals surface area contributed by atoms with E-state index in [0.29, 0.717) is 0 Å². The number of hydrogen-bond acceptors (Lipinski definition) is 4. The zero-order valence-electron chi connectivity index (χ0n) is 10.3. The molecule has 3 aromatic rings. The number of nitrogens with two attached hydrogens (primary N) is 1. The van der Waals surface area contributed by atoms with E-state index in [2.05, 4.69) is 16.0 Å². The highest BCUT2D eigenvalue weighted by molar-refractivity contribution is 7.98. The highest BCUT2D eigenvalue weighted by Crippen LogP contribution is 2.28. The van der Waals surface area contributed by atoms with Gasteiger partial charge < -0.3 is 5.73 Å². The molecule has 1 aromatic carbocycles. The second-order valence-corrected chi connectivity index (χ2v) is 5.23. The molecular weight excluding hydrogens is 254 g/mol. The monoisotopic (exact) mass is 267 g/mol. The Morgan fingerprint density at radius 2 is 1.84 bits per heavy atom. The number of aromatic nitrogens is 2. The number of pyridine rings is 2. The molecule has 0 radical (unpaired) electrons. The normalized spacial score (nSPS) is 10.7. The van der Waals surface area contributed by atoms with Crippen molar-refractivity contribution in [1.82, 2.24) is 9.97 Å². The van der Waals surface area contributed by atoms with Crippen molar-refractivity contribution in [2.75, 3.05) is 5.73 Å². The quantitative estimate of drug-likeness (QED) is 0.583. The van der Waals surface area contributed by atoms with Crippen LogP contribution in [0.3, 0.4) is 0 Å². The van der Waals surface area contributed by atoms with Gasteiger partial charge in [0.05, 0.1) is 5.52 Å². The smallest absolute Gasteiger partial charge is 0.0763 e. The molecule has 4 heteroatoms. The maximum atomic E-state index is 5.98. The van der Waals surface area contributed by atoms with E-state index in [0.717, 1.165) is 22.3 Å². The summed E-state index contributed by atoms with van der Waals surface area (Å²) in [5, 5.41) is 1.02. The van der Waals surface area contributed by atoms with E-state index in [9.17, 15) is 0 Å². The second kappa shape index (κ2) is 5.28. The molecule has 2 aromatic heterocycles. The minimum atomic E-state index is 0.778. The fourth-order valence-electron chi connectivity index (χ4n) is 1.97. The molecule has 0 saturated heterocycles. The zero-order chi connectivity index (χ0) is 13.1. The van der Waals surface area contributed by atoms with Gasteiger partial charge in [-0.3, -0.25) is 9.97 Å². The minimum absolute atomic E-state index is 0.778. The fourth-order valence-corrected chi connectivity index (χ4v) is 2.83. The Labute approximate surface area is 115 Å². The van der Waals surface area contributed by atoms with Crippen LogP contribution in [0.2, 0.25) is 0 Å². The summed E-state index contributed by atoms with van der Waals surface area (Å²) in [5.74, 6) is 0.873. The maximum Gasteiger partial charge on any atom is 0.0763 e. The Morgan fingerprint density at radius 3 is 2.68 bits per heavy atom. The highest BCUT2D eigenvalue weighted by Gasteiger charge is 2.05. The van der Waals surface area contributed by atoms with Crippen molar-refractivity contribution in [3.63, 3.8) is 0 Å². The number of rotatable bonds is 3. The van der Waals surface area contributed by atoms with Gasteiger partial charge in [-0.25, -0.2) is 0 Å². The van der Waals surface area contributed by atoms with Crippen LogP contribution in [0.25, 0.3) is 10.9 Å². The number of nitrogens with zero attached hydrogens (tertiary/aromatic N) is 2. The van der Waals surface area contributed by atoms with Gasteiger partial charge in [0, 0.05) is 40.3 Å². The molecule has 0 spiro atoms. The molecule has 2 heterocycles. The van der Waals surface area contributed by atoms with E-state index in [-0.39, 0.29) is 0 Å². The predicted octanol–water partition coefficient (Wildman–Crippen LogP) is 3.50. The van der Waals surface area contributed by atoms with Crippen molar-refractivity contribution in [3.8, 4) is 0 Å². The summed E-state index contributed by atoms with van der Waals surface area (Å²) >= 11 is 1.77. The first-order chi connectivity index (χ1) is 9.34. The lowest BCUT2D eigenvalue weighted by Crippen LogP contribution is -1.92. The fraction of sp³-hybridized carbons (Fsp3) is 0.0667. The summed E-state index contributed by atoms with van der Waals surface area (Å²) in [7, 11) is 0. The summed E-state index contributed by atoms with van der Waals surface area (Å²) in [6, 6.07) is 12.0. The van der Waals surface area contributed by atoms with Crippen molar-refractivity contribution in [2.24, 2.45) is 0 Å². The Hall–Kier alpha value is -2.07. The number of thioether (sulfide) groups is 1. The van der Waals surface area contributed by atoms with Crippen molar-refractivity contribution < 1.29 is 0 Å². The summed E-state index contributed by atoms with van der Waals surface area (Å²) < 4.78 is 0. The van der Waals surface area contributed by atoms with Gasteiger partial charge in [-0.1, -0.05) is 6.07 Å². The molecule has 0 aliphatic heterocycles. The van der Waals surface area contributed by atoms with E-state index in [1.54, 1.807) is 11.8 Å². The summed E-state index contributed by atoms with van der Waals surface area (Å²) in [6.07, 6.45) is 5.42. The molecule has 3 rings (SSSR count). The van der Waals surface area contributed by atoms with Crippen LogP contribution in [0.1, 0.15) is 5.56 Å². The van der Waals surface area contributed by atoms with Gasteiger partial charge >= 0.3 is 0 Å². The van der Waals surface area contributed by atoms with Crippen LogP contribution in [0, 0.1) is 0 Å². The van der Waals surface area contributed by atoms with E-state index in [4.69, 9.17) is 5.73 Å². The van der Waals surface area contributed by atoms with Crippen LogP contribution in [0.5, 0.6) is 0 Å². The lowest BCUT2D eigenvalue weighted by atomic mass is 10.1. The van der Waals surface area contributed by atoms with Crippen molar-refractivity contribution >= 4 is 28.4 Å². The Morgan fingerprint density at radius 1 is 1.00 bits per heavy atom. The topological polar surface area (TPSA) is 51.8 Å². The number of nitrogen functional groups attached to an aromatic ring is 1. The van der Waals surface area contributed by atoms with Gasteiger partial charge in [0.2, 0.25) is 0 Å². The van der Waals surface area contributed by atoms with Gasteiger partial charge in [-0.05, 0) is 35.9 Å². The summed E-state index contributed by atoms with van der Waals surface area (Å²) in [4.78, 5) is 9.67. The van der Waals surface area contributed by atoms with E-state index in [1.807, 2.05) is 48.9 Å². The number of benzene rings is 1. The van der Waals surface area contributed by atoms with Crippen molar-refractivity contribution in [2.45, 2.75) is 10.6 Å². The van der Waals surface area contributed by atoms with Crippen LogP contribution in [-0.2, 0) is 5.75 Å². The Balaban J connectivity index is 1.91. The molecule has 2 N–H and O–H groups in total. The molecular formula is C15H13N3S. The van der Waals surface area contributed by atoms with Gasteiger partial charge in [-0.2, -0.15) is 0 Å². The minimum Gasteiger partial charge on any atom is -0.398 e. The van der Waals surface area contributed by atoms with Crippen LogP contribution in [0.4, 0.5) is 5.69 Å². The second-order valence-electron chi connectivity index (χ2n) is 4.19. The average molecular weight is 267 g/mol. The SMILES string of the molecule is Nc1ccc(CSc2ccncc2)c2ncccc12. The Kier molecular flexibility index (Phi) is 3.33. The molecule has 0 saturated carbocycles. The summed E-state index contributed by atoms with van der Waals surface area (Å²) in [5.41, 5.74) is 8.95. The van der Waals surface area contributed by atoms with Crippen LogP contribution < -0.4 is 5.73 Å². The van der Waals surface area contributed by atoms with Crippen LogP contribution in [0.15, 0.2) is 59.9 Å². The summed E-state index contributed by atoms with van der Waals surface area (Å²) in [6.45, 7) is 0. The highest BCUT2D eigenvalue weighted by atomic mass is 32.2. The van der Waals surface area contributed by atoms with E-state index >= 15 is 0 Å². The van der Waals surface area contributed by atoms with E-state index in [1.165, 1.54) is 10.5 Å². The third kappa shape index (κ3) is 2.53. The van der Waals surface area contributed by atoms with Gasteiger partial charge in [0.25, 0.3) is 0 Å². The molecule has 0 bridgehead atoms. The lowest BCUT2D eigenvalue weighted by Gasteiger charge is -2.07. The van der Waals surface area contributed by atoms with Crippen LogP contribution >= 0.6 is 11.8 Å². The van der Waals surface area contributed by atoms with Gasteiger partial charge in [0.1, 0.15) is 0 Å². The van der Waals surface area contributed by atoms with Crippen molar-refractivity contribution in [3.05, 3.63) is 60.6 Å².